The molecular formula is C21H24F3N9O9P2S2. The number of nitrogens with zero attached hydrogens (tertiary/aromatic N) is 7. The van der Waals surface area contributed by atoms with Crippen LogP contribution in [0, 0.1) is 0 Å². The molecule has 0 aliphatic carbocycles. The van der Waals surface area contributed by atoms with Crippen LogP contribution in [0.15, 0.2) is 17.3 Å². The number of nitrogen functional groups attached to an aromatic ring is 1. The van der Waals surface area contributed by atoms with Gasteiger partial charge >= 0.3 is 13.5 Å². The molecule has 1 fully saturated rings. The number of anilines is 1. The van der Waals surface area contributed by atoms with Crippen LogP contribution in [0.5, 0.6) is 0 Å². The number of imidazole rings is 2. The van der Waals surface area contributed by atoms with E-state index in [1.54, 1.807) is 0 Å². The summed E-state index contributed by atoms with van der Waals surface area (Å²) in [5, 5.41) is 0. The normalized spacial score (nSPS) is 30.9. The van der Waals surface area contributed by atoms with E-state index in [1.807, 2.05) is 0 Å². The van der Waals surface area contributed by atoms with Gasteiger partial charge in [-0.2, -0.15) is 4.98 Å². The second-order valence-electron chi connectivity index (χ2n) is 10.0. The molecule has 0 amide bonds. The number of alkyl halides is 3. The van der Waals surface area contributed by atoms with Gasteiger partial charge in [0.25, 0.3) is 11.5 Å². The molecule has 0 saturated carbocycles. The van der Waals surface area contributed by atoms with E-state index in [1.165, 1.54) is 13.3 Å². The summed E-state index contributed by atoms with van der Waals surface area (Å²) in [6, 6.07) is 0. The molecule has 46 heavy (non-hydrogen) atoms. The zero-order valence-corrected chi connectivity index (χ0v) is 26.8. The predicted octanol–water partition coefficient (Wildman–Crippen LogP) is 1.76. The number of hydrogen-bond acceptors (Lipinski definition) is 15. The van der Waals surface area contributed by atoms with Crippen LogP contribution in [-0.2, 0) is 63.7 Å². The Bertz CT molecular complexity index is 1950. The largest absolute Gasteiger partial charge is 0.387 e. The Balaban J connectivity index is 1.40. The number of rotatable bonds is 3. The molecule has 6 rings (SSSR count). The van der Waals surface area contributed by atoms with E-state index in [0.717, 1.165) is 15.5 Å². The third-order valence-electron chi connectivity index (χ3n) is 6.72. The number of hydrogen-bond donors (Lipinski definition) is 4. The van der Waals surface area contributed by atoms with Gasteiger partial charge in [-0.25, -0.2) is 37.7 Å². The molecule has 250 valence electrons. The highest BCUT2D eigenvalue weighted by atomic mass is 32.7. The smallest absolute Gasteiger partial charge is 0.377 e. The Morgan fingerprint density at radius 2 is 2.04 bits per heavy atom. The van der Waals surface area contributed by atoms with E-state index < -0.39 is 76.0 Å². The number of aromatic amines is 1. The molecule has 25 heteroatoms. The second-order valence-corrected chi connectivity index (χ2v) is 15.7. The molecule has 4 aromatic rings. The summed E-state index contributed by atoms with van der Waals surface area (Å²) in [5.74, 6) is -4.07. The fourth-order valence-electron chi connectivity index (χ4n) is 4.75. The van der Waals surface area contributed by atoms with Crippen LogP contribution < -0.4 is 11.3 Å². The molecule has 2 aliphatic rings. The first kappa shape index (κ1) is 33.3. The van der Waals surface area contributed by atoms with E-state index in [9.17, 15) is 14.3 Å². The highest BCUT2D eigenvalue weighted by Crippen LogP contribution is 2.58. The number of fused-ring (bicyclic) bond motifs is 6. The molecule has 18 nitrogen and oxygen atoms in total. The average Bonchev–Trinajstić information content (AvgIpc) is 3.63. The molecule has 0 spiro atoms. The topological polar surface area (TPSA) is 226 Å². The van der Waals surface area contributed by atoms with Gasteiger partial charge in [-0.05, 0) is 11.8 Å². The zero-order valence-electron chi connectivity index (χ0n) is 23.3. The Labute approximate surface area is 265 Å². The highest BCUT2D eigenvalue weighted by Gasteiger charge is 2.51. The molecule has 6 heterocycles. The standard InChI is InChI=1S/C21H24F3N9O9P2S2/c1-37-4-11-26-2-9-16(29-11)32-6-21(23,24)7-40-43(35,45)38-3-10-13(22)15(42-44(36,46)39-5-12(32)28-9)19(41-10)33-8-27-14-17(33)30-20(25)31-18(14)34/h2,8,10,13,15,19H,3-7H2,1H3,(H,35,45)(H,36,46)(H3,25,30,31,34)/t10-,13-,15-,19-,43?,44?/m1/s1. The van der Waals surface area contributed by atoms with Crippen LogP contribution in [0.4, 0.5) is 19.1 Å². The molecule has 2 bridgehead atoms. The summed E-state index contributed by atoms with van der Waals surface area (Å²) < 4.78 is 93.8. The average molecular weight is 730 g/mol. The lowest BCUT2D eigenvalue weighted by Crippen LogP contribution is -2.33. The van der Waals surface area contributed by atoms with Gasteiger partial charge in [0, 0.05) is 7.11 Å². The van der Waals surface area contributed by atoms with Crippen molar-refractivity contribution < 1.29 is 50.2 Å². The van der Waals surface area contributed by atoms with Gasteiger partial charge in [0.1, 0.15) is 43.4 Å². The van der Waals surface area contributed by atoms with E-state index >= 15 is 13.2 Å². The highest BCUT2D eigenvalue weighted by molar-refractivity contribution is 8.44. The van der Waals surface area contributed by atoms with E-state index in [-0.39, 0.29) is 46.5 Å². The summed E-state index contributed by atoms with van der Waals surface area (Å²) in [6.45, 7) is -13.1. The van der Waals surface area contributed by atoms with Crippen molar-refractivity contribution in [3.05, 3.63) is 34.5 Å². The lowest BCUT2D eigenvalue weighted by atomic mass is 10.1. The third-order valence-corrected chi connectivity index (χ3v) is 9.88. The van der Waals surface area contributed by atoms with E-state index in [0.29, 0.717) is 0 Å². The number of thiol groups is 1. The first-order valence-corrected chi connectivity index (χ1v) is 18.3. The summed E-state index contributed by atoms with van der Waals surface area (Å²) in [7, 11) is 1.39. The number of halogens is 3. The van der Waals surface area contributed by atoms with Gasteiger partial charge in [-0.3, -0.25) is 23.4 Å². The van der Waals surface area contributed by atoms with Crippen molar-refractivity contribution in [2.24, 2.45) is 0 Å². The molecule has 0 aromatic carbocycles. The first-order chi connectivity index (χ1) is 21.7. The van der Waals surface area contributed by atoms with Gasteiger partial charge in [0.2, 0.25) is 5.95 Å². The number of nitrogens with two attached hydrogens (primary N) is 1. The van der Waals surface area contributed by atoms with E-state index in [4.69, 9.17) is 45.1 Å². The molecule has 1 saturated heterocycles. The molecule has 0 radical (unpaired) electrons. The maximum Gasteiger partial charge on any atom is 0.387 e. The number of aromatic nitrogens is 8. The zero-order chi connectivity index (χ0) is 33.0. The maximum absolute atomic E-state index is 16.0. The van der Waals surface area contributed by atoms with Crippen LogP contribution in [0.1, 0.15) is 17.9 Å². The second kappa shape index (κ2) is 12.5. The minimum atomic E-state index is -4.56. The van der Waals surface area contributed by atoms with Crippen molar-refractivity contribution in [1.29, 1.82) is 0 Å². The van der Waals surface area contributed by atoms with Gasteiger partial charge in [-0.15, -0.1) is 0 Å². The van der Waals surface area contributed by atoms with Crippen molar-refractivity contribution in [3.8, 4) is 0 Å². The minimum absolute atomic E-state index is 0.0460. The number of ether oxygens (including phenoxy) is 2. The summed E-state index contributed by atoms with van der Waals surface area (Å²) in [5.41, 5.74) is 4.65. The number of methoxy groups -OCH3 is 1. The van der Waals surface area contributed by atoms with Gasteiger partial charge < -0.3 is 33.7 Å². The molecule has 4 aromatic heterocycles. The molecule has 2 aliphatic heterocycles. The van der Waals surface area contributed by atoms with Crippen molar-refractivity contribution in [3.63, 3.8) is 0 Å². The molecule has 4 N–H and O–H groups in total. The van der Waals surface area contributed by atoms with Crippen LogP contribution >= 0.6 is 25.8 Å². The molecular weight excluding hydrogens is 705 g/mol. The summed E-state index contributed by atoms with van der Waals surface area (Å²) in [6.07, 6.45) is -4.76. The third kappa shape index (κ3) is 6.85. The van der Waals surface area contributed by atoms with Crippen LogP contribution in [0.2, 0.25) is 0 Å². The van der Waals surface area contributed by atoms with Crippen molar-refractivity contribution >= 4 is 65.8 Å². The fourth-order valence-corrected chi connectivity index (χ4v) is 7.22. The first-order valence-electron chi connectivity index (χ1n) is 13.0. The molecule has 6 atom stereocenters. The van der Waals surface area contributed by atoms with Gasteiger partial charge in [-0.1, -0.05) is 12.2 Å². The quantitative estimate of drug-likeness (QED) is 0.174. The summed E-state index contributed by atoms with van der Waals surface area (Å²) in [4.78, 5) is 45.6. The van der Waals surface area contributed by atoms with Crippen molar-refractivity contribution in [2.45, 2.75) is 50.3 Å². The minimum Gasteiger partial charge on any atom is -0.377 e. The molecule has 2 unspecified atom stereocenters. The lowest BCUT2D eigenvalue weighted by molar-refractivity contribution is -0.0643. The van der Waals surface area contributed by atoms with E-state index in [2.05, 4.69) is 42.2 Å². The lowest BCUT2D eigenvalue weighted by Gasteiger charge is -2.25. The monoisotopic (exact) mass is 729 g/mol. The summed E-state index contributed by atoms with van der Waals surface area (Å²) >= 11 is 8.87. The van der Waals surface area contributed by atoms with Crippen LogP contribution in [-0.4, -0.2) is 88.6 Å². The van der Waals surface area contributed by atoms with Crippen LogP contribution in [0.25, 0.3) is 22.3 Å². The predicted molar refractivity (Wildman–Crippen MR) is 157 cm³/mol. The van der Waals surface area contributed by atoms with Gasteiger partial charge in [0.05, 0.1) is 25.7 Å². The number of nitrogens with one attached hydrogen (secondary N) is 1. The van der Waals surface area contributed by atoms with Gasteiger partial charge in [0.15, 0.2) is 35.0 Å². The van der Waals surface area contributed by atoms with Crippen molar-refractivity contribution in [1.82, 2.24) is 39.0 Å². The maximum atomic E-state index is 16.0. The Kier molecular flexibility index (Phi) is 9.04. The van der Waals surface area contributed by atoms with Crippen molar-refractivity contribution in [2.75, 3.05) is 26.1 Å². The number of H-pyrrole nitrogens is 1. The van der Waals surface area contributed by atoms with Crippen LogP contribution in [0.3, 0.4) is 0 Å². The fraction of sp³-hybridized carbons (Fsp3) is 0.524. The Morgan fingerprint density at radius 3 is 2.80 bits per heavy atom. The Hall–Kier alpha value is -2.56. The SMILES string of the molecule is COCc1ncc2nc3n(c2n1)CC(F)(F)COP(O)(=S)OC[C@H]1O[C@@H](n2cnc4c(=O)[nH]c(N)nc42)[C@H](OP(=O)(S)OC3)[C@@H]1F. The Morgan fingerprint density at radius 1 is 1.26 bits per heavy atom.